The Bertz CT molecular complexity index is 1800. The van der Waals surface area contributed by atoms with E-state index < -0.39 is 12.0 Å². The van der Waals surface area contributed by atoms with Crippen LogP contribution in [0.15, 0.2) is 75.7 Å². The molecule has 40 heavy (non-hydrogen) atoms. The van der Waals surface area contributed by atoms with Gasteiger partial charge in [-0.1, -0.05) is 67.1 Å². The number of ether oxygens (including phenoxy) is 1. The zero-order valence-electron chi connectivity index (χ0n) is 24.1. The Hall–Kier alpha value is -3.97. The number of aryl methyl sites for hydroxylation is 2. The van der Waals surface area contributed by atoms with Crippen molar-refractivity contribution in [3.05, 3.63) is 119 Å². The molecule has 0 radical (unpaired) electrons. The molecule has 1 atom stereocenters. The van der Waals surface area contributed by atoms with Crippen molar-refractivity contribution < 1.29 is 9.53 Å². The maximum absolute atomic E-state index is 14.0. The monoisotopic (exact) mass is 553 g/mol. The lowest BCUT2D eigenvalue weighted by Gasteiger charge is -2.25. The van der Waals surface area contributed by atoms with Crippen LogP contribution in [0, 0.1) is 20.8 Å². The molecule has 5 rings (SSSR count). The number of thiazole rings is 1. The van der Waals surface area contributed by atoms with E-state index in [1.165, 1.54) is 22.5 Å². The van der Waals surface area contributed by atoms with Crippen LogP contribution in [0.1, 0.15) is 73.3 Å². The van der Waals surface area contributed by atoms with E-state index in [0.717, 1.165) is 28.2 Å². The van der Waals surface area contributed by atoms with Crippen LogP contribution in [0.5, 0.6) is 0 Å². The summed E-state index contributed by atoms with van der Waals surface area (Å²) in [5.41, 5.74) is 8.25. The summed E-state index contributed by atoms with van der Waals surface area (Å²) in [5, 5.41) is 0. The summed E-state index contributed by atoms with van der Waals surface area (Å²) >= 11 is 1.35. The standard InChI is InChI=1S/C33H35N3O3S/c1-8-39-32(38)29-22(6)34-33-36(30(29)25-13-11-24(12-14-25)19(2)3)31(37)28(40-33)18-26-17-21(5)35(23(26)7)27-15-9-20(4)10-16-27/h9-19,30H,8H2,1-7H3/b28-18-/t30-/m1/s1. The van der Waals surface area contributed by atoms with Crippen molar-refractivity contribution in [1.29, 1.82) is 0 Å². The highest BCUT2D eigenvalue weighted by atomic mass is 32.1. The van der Waals surface area contributed by atoms with E-state index in [0.29, 0.717) is 26.5 Å². The second kappa shape index (κ2) is 10.9. The second-order valence-electron chi connectivity index (χ2n) is 10.6. The minimum atomic E-state index is -0.612. The third-order valence-corrected chi connectivity index (χ3v) is 8.47. The lowest BCUT2D eigenvalue weighted by atomic mass is 9.93. The zero-order chi connectivity index (χ0) is 28.7. The fraction of sp³-hybridized carbons (Fsp3) is 0.303. The number of aromatic nitrogens is 2. The van der Waals surface area contributed by atoms with Crippen molar-refractivity contribution in [3.63, 3.8) is 0 Å². The summed E-state index contributed by atoms with van der Waals surface area (Å²) in [6.07, 6.45) is 1.94. The molecular formula is C33H35N3O3S. The van der Waals surface area contributed by atoms with E-state index in [2.05, 4.69) is 81.7 Å². The van der Waals surface area contributed by atoms with Gasteiger partial charge in [-0.2, -0.15) is 0 Å². The molecule has 0 saturated heterocycles. The van der Waals surface area contributed by atoms with Gasteiger partial charge in [-0.3, -0.25) is 9.36 Å². The van der Waals surface area contributed by atoms with Gasteiger partial charge in [0.25, 0.3) is 5.56 Å². The first-order valence-electron chi connectivity index (χ1n) is 13.7. The molecule has 2 aromatic heterocycles. The topological polar surface area (TPSA) is 65.6 Å². The third kappa shape index (κ3) is 4.90. The van der Waals surface area contributed by atoms with Crippen molar-refractivity contribution >= 4 is 23.4 Å². The Morgan fingerprint density at radius 3 is 2.35 bits per heavy atom. The number of hydrogen-bond acceptors (Lipinski definition) is 5. The molecule has 206 valence electrons. The van der Waals surface area contributed by atoms with Crippen LogP contribution < -0.4 is 14.9 Å². The van der Waals surface area contributed by atoms with Gasteiger partial charge >= 0.3 is 5.97 Å². The molecule has 0 bridgehead atoms. The SMILES string of the molecule is CCOC(=O)C1=C(C)N=c2s/c(=C\c3cc(C)n(-c4ccc(C)cc4)c3C)c(=O)n2[C@@H]1c1ccc(C(C)C)cc1. The van der Waals surface area contributed by atoms with Crippen LogP contribution in [0.3, 0.4) is 0 Å². The number of fused-ring (bicyclic) bond motifs is 1. The molecule has 6 nitrogen and oxygen atoms in total. The highest BCUT2D eigenvalue weighted by molar-refractivity contribution is 7.07. The lowest BCUT2D eigenvalue weighted by Crippen LogP contribution is -2.39. The van der Waals surface area contributed by atoms with E-state index in [1.807, 2.05) is 25.1 Å². The van der Waals surface area contributed by atoms with Gasteiger partial charge in [0.05, 0.1) is 28.5 Å². The largest absolute Gasteiger partial charge is 0.463 e. The summed E-state index contributed by atoms with van der Waals surface area (Å²) in [7, 11) is 0. The van der Waals surface area contributed by atoms with Gasteiger partial charge in [-0.25, -0.2) is 9.79 Å². The van der Waals surface area contributed by atoms with E-state index in [1.54, 1.807) is 11.5 Å². The van der Waals surface area contributed by atoms with Gasteiger partial charge < -0.3 is 9.30 Å². The average Bonchev–Trinajstić information content (AvgIpc) is 3.38. The predicted octanol–water partition coefficient (Wildman–Crippen LogP) is 5.64. The Morgan fingerprint density at radius 1 is 1.05 bits per heavy atom. The Kier molecular flexibility index (Phi) is 7.51. The molecule has 2 aromatic carbocycles. The normalized spacial score (nSPS) is 15.4. The van der Waals surface area contributed by atoms with E-state index >= 15 is 0 Å². The van der Waals surface area contributed by atoms with Crippen molar-refractivity contribution in [3.8, 4) is 5.69 Å². The smallest absolute Gasteiger partial charge is 0.338 e. The van der Waals surface area contributed by atoms with Crippen LogP contribution in [-0.4, -0.2) is 21.7 Å². The van der Waals surface area contributed by atoms with Crippen molar-refractivity contribution in [1.82, 2.24) is 9.13 Å². The first-order chi connectivity index (χ1) is 19.1. The highest BCUT2D eigenvalue weighted by Crippen LogP contribution is 2.31. The number of rotatable bonds is 6. The maximum atomic E-state index is 14.0. The first-order valence-corrected chi connectivity index (χ1v) is 14.5. The molecule has 0 unspecified atom stereocenters. The quantitative estimate of drug-likeness (QED) is 0.291. The number of carbonyl (C=O) groups excluding carboxylic acids is 1. The van der Waals surface area contributed by atoms with Crippen LogP contribution >= 0.6 is 11.3 Å². The molecule has 0 aliphatic carbocycles. The van der Waals surface area contributed by atoms with Crippen LogP contribution in [0.25, 0.3) is 11.8 Å². The van der Waals surface area contributed by atoms with Gasteiger partial charge in [-0.15, -0.1) is 0 Å². The molecule has 0 saturated carbocycles. The second-order valence-corrected chi connectivity index (χ2v) is 11.6. The molecule has 4 aromatic rings. The maximum Gasteiger partial charge on any atom is 0.338 e. The van der Waals surface area contributed by atoms with E-state index in [-0.39, 0.29) is 12.2 Å². The first kappa shape index (κ1) is 27.6. The summed E-state index contributed by atoms with van der Waals surface area (Å²) in [5.74, 6) is -0.0747. The number of esters is 1. The lowest BCUT2D eigenvalue weighted by molar-refractivity contribution is -0.139. The van der Waals surface area contributed by atoms with Crippen LogP contribution in [0.2, 0.25) is 0 Å². The number of hydrogen-bond donors (Lipinski definition) is 0. The number of allylic oxidation sites excluding steroid dienone is 1. The molecule has 3 heterocycles. The van der Waals surface area contributed by atoms with Crippen molar-refractivity contribution in [2.45, 2.75) is 60.4 Å². The number of carbonyl (C=O) groups is 1. The van der Waals surface area contributed by atoms with Gasteiger partial charge in [0, 0.05) is 17.1 Å². The summed E-state index contributed by atoms with van der Waals surface area (Å²) in [6, 6.07) is 18.0. The fourth-order valence-corrected chi connectivity index (χ4v) is 6.37. The van der Waals surface area contributed by atoms with Gasteiger partial charge in [-0.05, 0) is 81.5 Å². The molecule has 0 N–H and O–H groups in total. The molecule has 0 fully saturated rings. The number of benzene rings is 2. The van der Waals surface area contributed by atoms with Crippen molar-refractivity contribution in [2.75, 3.05) is 6.61 Å². The fourth-order valence-electron chi connectivity index (χ4n) is 5.34. The molecular weight excluding hydrogens is 518 g/mol. The minimum absolute atomic E-state index is 0.170. The van der Waals surface area contributed by atoms with E-state index in [9.17, 15) is 9.59 Å². The highest BCUT2D eigenvalue weighted by Gasteiger charge is 2.33. The van der Waals surface area contributed by atoms with Crippen molar-refractivity contribution in [2.24, 2.45) is 4.99 Å². The molecule has 1 aliphatic rings. The van der Waals surface area contributed by atoms with Gasteiger partial charge in [0.15, 0.2) is 4.80 Å². The summed E-state index contributed by atoms with van der Waals surface area (Å²) < 4.78 is 9.85. The molecule has 0 amide bonds. The molecule has 0 spiro atoms. The van der Waals surface area contributed by atoms with Gasteiger partial charge in [0.1, 0.15) is 0 Å². The summed E-state index contributed by atoms with van der Waals surface area (Å²) in [6.45, 7) is 14.3. The van der Waals surface area contributed by atoms with Gasteiger partial charge in [0.2, 0.25) is 0 Å². The van der Waals surface area contributed by atoms with E-state index in [4.69, 9.17) is 9.73 Å². The Morgan fingerprint density at radius 2 is 1.73 bits per heavy atom. The summed E-state index contributed by atoms with van der Waals surface area (Å²) in [4.78, 5) is 32.5. The predicted molar refractivity (Wildman–Crippen MR) is 161 cm³/mol. The third-order valence-electron chi connectivity index (χ3n) is 7.48. The number of nitrogens with zero attached hydrogens (tertiary/aromatic N) is 3. The van der Waals surface area contributed by atoms with Crippen LogP contribution in [0.4, 0.5) is 0 Å². The molecule has 7 heteroatoms. The minimum Gasteiger partial charge on any atom is -0.463 e. The Balaban J connectivity index is 1.67. The Labute approximate surface area is 238 Å². The molecule has 1 aliphatic heterocycles. The van der Waals surface area contributed by atoms with Crippen LogP contribution in [-0.2, 0) is 9.53 Å². The average molecular weight is 554 g/mol. The zero-order valence-corrected chi connectivity index (χ0v) is 24.9.